The molecule has 1 saturated carbocycles. The van der Waals surface area contributed by atoms with Crippen LogP contribution in [0.1, 0.15) is 55.8 Å². The Bertz CT molecular complexity index is 437. The first-order valence-electron chi connectivity index (χ1n) is 7.45. The van der Waals surface area contributed by atoms with E-state index < -0.39 is 0 Å². The van der Waals surface area contributed by atoms with Gasteiger partial charge in [0.15, 0.2) is 0 Å². The Morgan fingerprint density at radius 1 is 1.37 bits per heavy atom. The molecule has 1 aromatic carbocycles. The second kappa shape index (κ2) is 5.64. The van der Waals surface area contributed by atoms with Gasteiger partial charge in [-0.15, -0.1) is 0 Å². The third kappa shape index (κ3) is 3.37. The molecule has 1 aliphatic carbocycles. The summed E-state index contributed by atoms with van der Waals surface area (Å²) in [6.45, 7) is 9.77. The van der Waals surface area contributed by atoms with E-state index in [1.54, 1.807) is 0 Å². The second-order valence-electron chi connectivity index (χ2n) is 6.85. The van der Waals surface area contributed by atoms with Crippen LogP contribution < -0.4 is 11.1 Å². The van der Waals surface area contributed by atoms with Crippen molar-refractivity contribution in [2.75, 3.05) is 6.54 Å². The largest absolute Gasteiger partial charge is 0.329 e. The molecule has 2 unspecified atom stereocenters. The van der Waals surface area contributed by atoms with E-state index in [2.05, 4.69) is 51.2 Å². The highest BCUT2D eigenvalue weighted by atomic mass is 15.0. The third-order valence-corrected chi connectivity index (χ3v) is 4.66. The molecule has 0 spiro atoms. The van der Waals surface area contributed by atoms with Crippen molar-refractivity contribution in [3.05, 3.63) is 34.9 Å². The van der Waals surface area contributed by atoms with Gasteiger partial charge in [0.1, 0.15) is 0 Å². The summed E-state index contributed by atoms with van der Waals surface area (Å²) in [5.41, 5.74) is 10.6. The van der Waals surface area contributed by atoms with E-state index in [-0.39, 0.29) is 0 Å². The molecule has 1 fully saturated rings. The van der Waals surface area contributed by atoms with Crippen molar-refractivity contribution in [1.82, 2.24) is 5.32 Å². The predicted octanol–water partition coefficient (Wildman–Crippen LogP) is 3.47. The fourth-order valence-corrected chi connectivity index (χ4v) is 3.30. The maximum atomic E-state index is 6.01. The van der Waals surface area contributed by atoms with E-state index >= 15 is 0 Å². The highest BCUT2D eigenvalue weighted by Crippen LogP contribution is 2.37. The van der Waals surface area contributed by atoms with Gasteiger partial charge in [-0.3, -0.25) is 0 Å². The molecule has 2 nitrogen and oxygen atoms in total. The van der Waals surface area contributed by atoms with Gasteiger partial charge >= 0.3 is 0 Å². The first-order valence-corrected chi connectivity index (χ1v) is 7.45. The Hall–Kier alpha value is -0.860. The van der Waals surface area contributed by atoms with Crippen LogP contribution in [0.2, 0.25) is 0 Å². The fourth-order valence-electron chi connectivity index (χ4n) is 3.30. The minimum atomic E-state index is 0.291. The fraction of sp³-hybridized carbons (Fsp3) is 0.647. The smallest absolute Gasteiger partial charge is 0.0449 e. The summed E-state index contributed by atoms with van der Waals surface area (Å²) in [5.74, 6) is 0. The minimum Gasteiger partial charge on any atom is -0.329 e. The van der Waals surface area contributed by atoms with Crippen LogP contribution in [0.3, 0.4) is 0 Å². The van der Waals surface area contributed by atoms with Crippen LogP contribution in [0.5, 0.6) is 0 Å². The van der Waals surface area contributed by atoms with Crippen molar-refractivity contribution in [2.24, 2.45) is 11.1 Å². The van der Waals surface area contributed by atoms with Crippen LogP contribution >= 0.6 is 0 Å². The zero-order chi connectivity index (χ0) is 14.0. The van der Waals surface area contributed by atoms with Crippen LogP contribution in [0.4, 0.5) is 0 Å². The number of aryl methyl sites for hydroxylation is 1. The van der Waals surface area contributed by atoms with Gasteiger partial charge in [-0.1, -0.05) is 32.0 Å². The number of nitrogens with one attached hydrogen (secondary N) is 1. The van der Waals surface area contributed by atoms with Crippen LogP contribution in [0, 0.1) is 19.3 Å². The lowest BCUT2D eigenvalue weighted by Gasteiger charge is -2.25. The molecule has 3 N–H and O–H groups in total. The van der Waals surface area contributed by atoms with Gasteiger partial charge in [0, 0.05) is 18.6 Å². The van der Waals surface area contributed by atoms with E-state index in [1.807, 2.05) is 0 Å². The number of benzene rings is 1. The average Bonchev–Trinajstić information content (AvgIpc) is 2.70. The van der Waals surface area contributed by atoms with Crippen molar-refractivity contribution in [1.29, 1.82) is 0 Å². The summed E-state index contributed by atoms with van der Waals surface area (Å²) in [6.07, 6.45) is 3.84. The summed E-state index contributed by atoms with van der Waals surface area (Å²) in [7, 11) is 0. The maximum Gasteiger partial charge on any atom is 0.0449 e. The zero-order valence-corrected chi connectivity index (χ0v) is 12.8. The first kappa shape index (κ1) is 14.5. The third-order valence-electron chi connectivity index (χ3n) is 4.66. The highest BCUT2D eigenvalue weighted by molar-refractivity contribution is 5.35. The molecule has 19 heavy (non-hydrogen) atoms. The zero-order valence-electron chi connectivity index (χ0n) is 12.8. The number of nitrogens with two attached hydrogens (primary N) is 1. The van der Waals surface area contributed by atoms with Crippen molar-refractivity contribution in [3.63, 3.8) is 0 Å². The minimum absolute atomic E-state index is 0.291. The van der Waals surface area contributed by atoms with Gasteiger partial charge < -0.3 is 11.1 Å². The van der Waals surface area contributed by atoms with Gasteiger partial charge in [-0.05, 0) is 55.2 Å². The number of rotatable bonds is 4. The summed E-state index contributed by atoms with van der Waals surface area (Å²) in [6, 6.07) is 7.43. The molecule has 0 heterocycles. The molecule has 1 aliphatic rings. The SMILES string of the molecule is Cc1cccc(C(CN)NC2CCC(C)(C)C2)c1C. The highest BCUT2D eigenvalue weighted by Gasteiger charge is 2.32. The van der Waals surface area contributed by atoms with Gasteiger partial charge in [0.2, 0.25) is 0 Å². The standard InChI is InChI=1S/C17H28N2/c1-12-6-5-7-15(13(12)2)16(11-18)19-14-8-9-17(3,4)10-14/h5-7,14,16,19H,8-11,18H2,1-4H3. The van der Waals surface area contributed by atoms with E-state index in [4.69, 9.17) is 5.73 Å². The molecule has 0 radical (unpaired) electrons. The molecule has 0 bridgehead atoms. The Morgan fingerprint density at radius 3 is 2.68 bits per heavy atom. The molecular formula is C17H28N2. The van der Waals surface area contributed by atoms with Crippen molar-refractivity contribution in [2.45, 2.75) is 59.0 Å². The number of hydrogen-bond donors (Lipinski definition) is 2. The van der Waals surface area contributed by atoms with Crippen LogP contribution in [0.25, 0.3) is 0 Å². The second-order valence-corrected chi connectivity index (χ2v) is 6.85. The van der Waals surface area contributed by atoms with E-state index in [1.165, 1.54) is 36.0 Å². The van der Waals surface area contributed by atoms with Crippen LogP contribution in [0.15, 0.2) is 18.2 Å². The summed E-state index contributed by atoms with van der Waals surface area (Å²) in [5, 5.41) is 3.78. The van der Waals surface area contributed by atoms with Crippen LogP contribution in [-0.2, 0) is 0 Å². The summed E-state index contributed by atoms with van der Waals surface area (Å²) >= 11 is 0. The topological polar surface area (TPSA) is 38.0 Å². The maximum absolute atomic E-state index is 6.01. The molecule has 106 valence electrons. The molecule has 2 atom stereocenters. The first-order chi connectivity index (χ1) is 8.93. The lowest BCUT2D eigenvalue weighted by molar-refractivity contribution is 0.353. The molecule has 2 heteroatoms. The van der Waals surface area contributed by atoms with Crippen molar-refractivity contribution < 1.29 is 0 Å². The van der Waals surface area contributed by atoms with E-state index in [0.717, 1.165) is 0 Å². The quantitative estimate of drug-likeness (QED) is 0.870. The van der Waals surface area contributed by atoms with Crippen molar-refractivity contribution in [3.8, 4) is 0 Å². The molecule has 0 aromatic heterocycles. The predicted molar refractivity (Wildman–Crippen MR) is 82.3 cm³/mol. The lowest BCUT2D eigenvalue weighted by atomic mass is 9.91. The van der Waals surface area contributed by atoms with Gasteiger partial charge in [-0.25, -0.2) is 0 Å². The van der Waals surface area contributed by atoms with E-state index in [0.29, 0.717) is 24.0 Å². The monoisotopic (exact) mass is 260 g/mol. The number of hydrogen-bond acceptors (Lipinski definition) is 2. The average molecular weight is 260 g/mol. The summed E-state index contributed by atoms with van der Waals surface area (Å²) < 4.78 is 0. The normalized spacial score (nSPS) is 23.5. The Balaban J connectivity index is 2.11. The van der Waals surface area contributed by atoms with E-state index in [9.17, 15) is 0 Å². The Kier molecular flexibility index (Phi) is 4.32. The molecule has 0 saturated heterocycles. The Morgan fingerprint density at radius 2 is 2.11 bits per heavy atom. The van der Waals surface area contributed by atoms with Crippen LogP contribution in [-0.4, -0.2) is 12.6 Å². The lowest BCUT2D eigenvalue weighted by Crippen LogP contribution is -2.36. The molecule has 1 aromatic rings. The molecular weight excluding hydrogens is 232 g/mol. The Labute approximate surface area is 117 Å². The summed E-state index contributed by atoms with van der Waals surface area (Å²) in [4.78, 5) is 0. The molecule has 2 rings (SSSR count). The molecule has 0 amide bonds. The van der Waals surface area contributed by atoms with Crippen molar-refractivity contribution >= 4 is 0 Å². The van der Waals surface area contributed by atoms with Gasteiger partial charge in [0.05, 0.1) is 0 Å². The molecule has 0 aliphatic heterocycles. The van der Waals surface area contributed by atoms with Gasteiger partial charge in [-0.2, -0.15) is 0 Å². The van der Waals surface area contributed by atoms with Gasteiger partial charge in [0.25, 0.3) is 0 Å².